The molecular formula is C19H26ClN3O2. The van der Waals surface area contributed by atoms with Crippen molar-refractivity contribution >= 4 is 17.4 Å². The zero-order chi connectivity index (χ0) is 18.2. The lowest BCUT2D eigenvalue weighted by molar-refractivity contribution is 0.294. The quantitative estimate of drug-likeness (QED) is 0.637. The standard InChI is InChI=1S/C19H26ClN3O2/c1-5-7-8-11-25-19-18(21-3)23-17(16(6-2)22-19)14-10-9-13(24-4)12-15(14)20/h9-10,12H,5-8,11H2,1-4H3,(H,21,23). The molecule has 1 heterocycles. The van der Waals surface area contributed by atoms with Crippen LogP contribution in [0, 0.1) is 0 Å². The monoisotopic (exact) mass is 363 g/mol. The number of hydrogen-bond donors (Lipinski definition) is 1. The summed E-state index contributed by atoms with van der Waals surface area (Å²) in [6, 6.07) is 5.56. The zero-order valence-corrected chi connectivity index (χ0v) is 16.1. The molecule has 0 spiro atoms. The van der Waals surface area contributed by atoms with E-state index in [4.69, 9.17) is 26.1 Å². The Bertz CT molecular complexity index is 707. The summed E-state index contributed by atoms with van der Waals surface area (Å²) in [6.45, 7) is 4.86. The van der Waals surface area contributed by atoms with E-state index in [1.165, 1.54) is 0 Å². The molecule has 2 rings (SSSR count). The number of nitrogens with zero attached hydrogens (tertiary/aromatic N) is 2. The number of rotatable bonds is 9. The molecule has 0 fully saturated rings. The molecule has 0 radical (unpaired) electrons. The van der Waals surface area contributed by atoms with E-state index in [0.717, 1.165) is 42.6 Å². The van der Waals surface area contributed by atoms with Crippen LogP contribution in [0.25, 0.3) is 11.3 Å². The SMILES string of the molecule is CCCCCOc1nc(CC)c(-c2ccc(OC)cc2Cl)nc1NC. The lowest BCUT2D eigenvalue weighted by Gasteiger charge is -2.15. The predicted molar refractivity (Wildman–Crippen MR) is 103 cm³/mol. The summed E-state index contributed by atoms with van der Waals surface area (Å²) in [7, 11) is 3.43. The number of aryl methyl sites for hydroxylation is 1. The van der Waals surface area contributed by atoms with Crippen LogP contribution >= 0.6 is 11.6 Å². The van der Waals surface area contributed by atoms with E-state index in [1.807, 2.05) is 26.1 Å². The van der Waals surface area contributed by atoms with Gasteiger partial charge < -0.3 is 14.8 Å². The van der Waals surface area contributed by atoms with Gasteiger partial charge >= 0.3 is 0 Å². The summed E-state index contributed by atoms with van der Waals surface area (Å²) in [5, 5.41) is 3.66. The van der Waals surface area contributed by atoms with Gasteiger partial charge in [-0.3, -0.25) is 0 Å². The maximum Gasteiger partial charge on any atom is 0.257 e. The molecule has 0 aliphatic heterocycles. The van der Waals surface area contributed by atoms with Gasteiger partial charge in [0.2, 0.25) is 0 Å². The van der Waals surface area contributed by atoms with E-state index in [0.29, 0.717) is 29.1 Å². The van der Waals surface area contributed by atoms with Crippen molar-refractivity contribution in [1.29, 1.82) is 0 Å². The summed E-state index contributed by atoms with van der Waals surface area (Å²) >= 11 is 6.43. The Morgan fingerprint density at radius 2 is 1.96 bits per heavy atom. The van der Waals surface area contributed by atoms with Crippen LogP contribution in [0.5, 0.6) is 11.6 Å². The van der Waals surface area contributed by atoms with Crippen LogP contribution in [0.15, 0.2) is 18.2 Å². The first-order valence-corrected chi connectivity index (χ1v) is 9.07. The second kappa shape index (κ2) is 9.47. The first kappa shape index (κ1) is 19.3. The first-order valence-electron chi connectivity index (χ1n) is 8.69. The van der Waals surface area contributed by atoms with Crippen LogP contribution in [0.4, 0.5) is 5.82 Å². The Morgan fingerprint density at radius 3 is 2.56 bits per heavy atom. The largest absolute Gasteiger partial charge is 0.497 e. The van der Waals surface area contributed by atoms with E-state index in [1.54, 1.807) is 13.2 Å². The average Bonchev–Trinajstić information content (AvgIpc) is 2.64. The molecule has 6 heteroatoms. The highest BCUT2D eigenvalue weighted by molar-refractivity contribution is 6.33. The van der Waals surface area contributed by atoms with Crippen molar-refractivity contribution in [2.24, 2.45) is 0 Å². The number of aromatic nitrogens is 2. The molecule has 1 N–H and O–H groups in total. The second-order valence-electron chi connectivity index (χ2n) is 5.68. The van der Waals surface area contributed by atoms with Crippen molar-refractivity contribution in [2.75, 3.05) is 26.1 Å². The molecule has 5 nitrogen and oxygen atoms in total. The van der Waals surface area contributed by atoms with Gasteiger partial charge in [0, 0.05) is 12.6 Å². The number of nitrogens with one attached hydrogen (secondary N) is 1. The van der Waals surface area contributed by atoms with E-state index in [9.17, 15) is 0 Å². The van der Waals surface area contributed by atoms with E-state index in [-0.39, 0.29) is 0 Å². The summed E-state index contributed by atoms with van der Waals surface area (Å²) < 4.78 is 11.1. The molecule has 0 atom stereocenters. The fraction of sp³-hybridized carbons (Fsp3) is 0.474. The summed E-state index contributed by atoms with van der Waals surface area (Å²) in [4.78, 5) is 9.41. The molecule has 0 unspecified atom stereocenters. The van der Waals surface area contributed by atoms with Crippen molar-refractivity contribution < 1.29 is 9.47 Å². The van der Waals surface area contributed by atoms with Crippen molar-refractivity contribution in [3.8, 4) is 22.9 Å². The lowest BCUT2D eigenvalue weighted by atomic mass is 10.1. The van der Waals surface area contributed by atoms with Crippen LogP contribution in [-0.4, -0.2) is 30.7 Å². The molecule has 0 saturated carbocycles. The molecule has 1 aromatic heterocycles. The summed E-state index contributed by atoms with van der Waals surface area (Å²) in [6.07, 6.45) is 4.04. The van der Waals surface area contributed by atoms with Gasteiger partial charge in [-0.05, 0) is 31.0 Å². The molecule has 1 aromatic carbocycles. The van der Waals surface area contributed by atoms with Gasteiger partial charge in [0.1, 0.15) is 5.75 Å². The third-order valence-corrected chi connectivity index (χ3v) is 4.24. The van der Waals surface area contributed by atoms with E-state index >= 15 is 0 Å². The maximum atomic E-state index is 6.43. The van der Waals surface area contributed by atoms with E-state index < -0.39 is 0 Å². The predicted octanol–water partition coefficient (Wildman–Crippen LogP) is 4.98. The minimum Gasteiger partial charge on any atom is -0.497 e. The van der Waals surface area contributed by atoms with Crippen LogP contribution in [0.2, 0.25) is 5.02 Å². The van der Waals surface area contributed by atoms with Crippen LogP contribution in [0.3, 0.4) is 0 Å². The van der Waals surface area contributed by atoms with Crippen molar-refractivity contribution in [3.63, 3.8) is 0 Å². The van der Waals surface area contributed by atoms with Crippen LogP contribution < -0.4 is 14.8 Å². The molecule has 25 heavy (non-hydrogen) atoms. The number of unbranched alkanes of at least 4 members (excludes halogenated alkanes) is 2. The smallest absolute Gasteiger partial charge is 0.257 e. The first-order chi connectivity index (χ1) is 12.1. The molecule has 0 saturated heterocycles. The topological polar surface area (TPSA) is 56.3 Å². The molecule has 2 aromatic rings. The minimum atomic E-state index is 0.545. The maximum absolute atomic E-state index is 6.43. The Hall–Kier alpha value is -2.01. The van der Waals surface area contributed by atoms with Gasteiger partial charge in [0.15, 0.2) is 5.82 Å². The molecule has 0 amide bonds. The Kier molecular flexibility index (Phi) is 7.31. The lowest BCUT2D eigenvalue weighted by Crippen LogP contribution is -2.08. The van der Waals surface area contributed by atoms with Crippen LogP contribution in [0.1, 0.15) is 38.8 Å². The average molecular weight is 364 g/mol. The Balaban J connectivity index is 2.38. The number of methoxy groups -OCH3 is 1. The summed E-state index contributed by atoms with van der Waals surface area (Å²) in [5.41, 5.74) is 2.46. The molecule has 0 aliphatic rings. The third-order valence-electron chi connectivity index (χ3n) is 3.93. The Morgan fingerprint density at radius 1 is 1.16 bits per heavy atom. The van der Waals surface area contributed by atoms with Crippen molar-refractivity contribution in [3.05, 3.63) is 28.9 Å². The fourth-order valence-corrected chi connectivity index (χ4v) is 2.77. The highest BCUT2D eigenvalue weighted by Crippen LogP contribution is 2.34. The summed E-state index contributed by atoms with van der Waals surface area (Å²) in [5.74, 6) is 1.88. The number of anilines is 1. The fourth-order valence-electron chi connectivity index (χ4n) is 2.51. The van der Waals surface area contributed by atoms with E-state index in [2.05, 4.69) is 17.2 Å². The number of hydrogen-bond acceptors (Lipinski definition) is 5. The molecular weight excluding hydrogens is 338 g/mol. The van der Waals surface area contributed by atoms with Gasteiger partial charge in [0.25, 0.3) is 5.88 Å². The Labute approximate surface area is 154 Å². The highest BCUT2D eigenvalue weighted by atomic mass is 35.5. The van der Waals surface area contributed by atoms with Crippen molar-refractivity contribution in [2.45, 2.75) is 39.5 Å². The van der Waals surface area contributed by atoms with Gasteiger partial charge in [-0.2, -0.15) is 0 Å². The van der Waals surface area contributed by atoms with Gasteiger partial charge in [-0.1, -0.05) is 38.3 Å². The van der Waals surface area contributed by atoms with Gasteiger partial charge in [0.05, 0.1) is 30.1 Å². The molecule has 0 bridgehead atoms. The van der Waals surface area contributed by atoms with Crippen LogP contribution in [-0.2, 0) is 6.42 Å². The second-order valence-corrected chi connectivity index (χ2v) is 6.08. The normalized spacial score (nSPS) is 10.6. The van der Waals surface area contributed by atoms with Crippen molar-refractivity contribution in [1.82, 2.24) is 9.97 Å². The molecule has 0 aliphatic carbocycles. The number of benzene rings is 1. The zero-order valence-electron chi connectivity index (χ0n) is 15.4. The highest BCUT2D eigenvalue weighted by Gasteiger charge is 2.17. The van der Waals surface area contributed by atoms with Gasteiger partial charge in [-0.25, -0.2) is 9.97 Å². The number of ether oxygens (including phenoxy) is 2. The third kappa shape index (κ3) is 4.75. The number of halogens is 1. The van der Waals surface area contributed by atoms with Gasteiger partial charge in [-0.15, -0.1) is 0 Å². The molecule has 136 valence electrons. The minimum absolute atomic E-state index is 0.545.